The summed E-state index contributed by atoms with van der Waals surface area (Å²) >= 11 is 3.34. The zero-order chi connectivity index (χ0) is 21.1. The van der Waals surface area contributed by atoms with Gasteiger partial charge in [0.15, 0.2) is 0 Å². The summed E-state index contributed by atoms with van der Waals surface area (Å²) in [6.07, 6.45) is 3.46. The average molecular weight is 472 g/mol. The van der Waals surface area contributed by atoms with Crippen LogP contribution in [0.1, 0.15) is 27.4 Å². The lowest BCUT2D eigenvalue weighted by Gasteiger charge is -2.34. The Balaban J connectivity index is 1.32. The fourth-order valence-corrected chi connectivity index (χ4v) is 3.52. The Kier molecular flexibility index (Phi) is 5.98. The van der Waals surface area contributed by atoms with Crippen LogP contribution in [-0.2, 0) is 6.61 Å². The summed E-state index contributed by atoms with van der Waals surface area (Å²) in [7, 11) is 0. The number of aromatic nitrogens is 3. The minimum absolute atomic E-state index is 0.0173. The van der Waals surface area contributed by atoms with E-state index < -0.39 is 0 Å². The molecule has 1 amide bonds. The number of halogens is 1. The van der Waals surface area contributed by atoms with Gasteiger partial charge in [-0.2, -0.15) is 0 Å². The molecular formula is C21H22BrN5O3. The summed E-state index contributed by atoms with van der Waals surface area (Å²) < 4.78 is 11.8. The van der Waals surface area contributed by atoms with Crippen LogP contribution in [0, 0.1) is 13.8 Å². The molecular weight excluding hydrogens is 450 g/mol. The number of benzene rings is 1. The van der Waals surface area contributed by atoms with E-state index in [2.05, 4.69) is 36.0 Å². The third-order valence-electron chi connectivity index (χ3n) is 5.12. The van der Waals surface area contributed by atoms with Gasteiger partial charge in [-0.25, -0.2) is 9.97 Å². The maximum Gasteiger partial charge on any atom is 0.253 e. The number of nitrogens with zero attached hydrogens (tertiary/aromatic N) is 5. The van der Waals surface area contributed by atoms with Gasteiger partial charge in [0.05, 0.1) is 15.7 Å². The summed E-state index contributed by atoms with van der Waals surface area (Å²) in [5.74, 6) is 2.16. The molecule has 0 unspecified atom stereocenters. The van der Waals surface area contributed by atoms with Crippen molar-refractivity contribution in [2.45, 2.75) is 20.5 Å². The predicted molar refractivity (Wildman–Crippen MR) is 115 cm³/mol. The van der Waals surface area contributed by atoms with Crippen LogP contribution in [0.25, 0.3) is 0 Å². The van der Waals surface area contributed by atoms with Crippen molar-refractivity contribution in [1.82, 2.24) is 20.0 Å². The Morgan fingerprint density at radius 3 is 2.37 bits per heavy atom. The highest BCUT2D eigenvalue weighted by Crippen LogP contribution is 2.19. The number of ether oxygens (including phenoxy) is 1. The number of aryl methyl sites for hydroxylation is 2. The fraction of sp³-hybridized carbons (Fsp3) is 0.333. The van der Waals surface area contributed by atoms with E-state index in [9.17, 15) is 4.79 Å². The maximum absolute atomic E-state index is 12.8. The minimum atomic E-state index is 0.0173. The van der Waals surface area contributed by atoms with E-state index in [-0.39, 0.29) is 5.91 Å². The molecule has 1 aliphatic heterocycles. The van der Waals surface area contributed by atoms with Gasteiger partial charge in [-0.05, 0) is 54.0 Å². The van der Waals surface area contributed by atoms with Gasteiger partial charge in [0.25, 0.3) is 5.91 Å². The lowest BCUT2D eigenvalue weighted by Crippen LogP contribution is -2.49. The van der Waals surface area contributed by atoms with Crippen LogP contribution < -0.4 is 9.64 Å². The molecule has 30 heavy (non-hydrogen) atoms. The molecule has 0 radical (unpaired) electrons. The second kappa shape index (κ2) is 8.83. The van der Waals surface area contributed by atoms with E-state index in [1.807, 2.05) is 30.9 Å². The normalized spacial score (nSPS) is 14.1. The third-order valence-corrected chi connectivity index (χ3v) is 5.53. The molecule has 156 valence electrons. The molecule has 2 aromatic heterocycles. The first-order chi connectivity index (χ1) is 14.5. The summed E-state index contributed by atoms with van der Waals surface area (Å²) in [5.41, 5.74) is 2.42. The lowest BCUT2D eigenvalue weighted by molar-refractivity contribution is 0.0746. The zero-order valence-electron chi connectivity index (χ0n) is 16.8. The molecule has 1 saturated heterocycles. The first-order valence-electron chi connectivity index (χ1n) is 9.67. The Morgan fingerprint density at radius 2 is 1.77 bits per heavy atom. The van der Waals surface area contributed by atoms with Gasteiger partial charge in [-0.1, -0.05) is 5.16 Å². The fourth-order valence-electron chi connectivity index (χ4n) is 3.32. The SMILES string of the molecule is Cc1noc(C)c1COc1ccc(C(=O)N2CCN(c3ncc(Br)cn3)CC2)cc1. The Bertz CT molecular complexity index is 993. The van der Waals surface area contributed by atoms with Crippen LogP contribution in [-0.4, -0.2) is 52.1 Å². The average Bonchev–Trinajstić information content (AvgIpc) is 3.10. The van der Waals surface area contributed by atoms with E-state index in [4.69, 9.17) is 9.26 Å². The van der Waals surface area contributed by atoms with Gasteiger partial charge in [-0.15, -0.1) is 0 Å². The van der Waals surface area contributed by atoms with E-state index in [0.717, 1.165) is 21.5 Å². The van der Waals surface area contributed by atoms with Crippen LogP contribution in [0.2, 0.25) is 0 Å². The highest BCUT2D eigenvalue weighted by atomic mass is 79.9. The third kappa shape index (κ3) is 4.46. The molecule has 0 aliphatic carbocycles. The number of anilines is 1. The second-order valence-corrected chi connectivity index (χ2v) is 8.01. The van der Waals surface area contributed by atoms with E-state index >= 15 is 0 Å². The Hall–Kier alpha value is -2.94. The van der Waals surface area contributed by atoms with Crippen molar-refractivity contribution in [2.75, 3.05) is 31.1 Å². The standard InChI is InChI=1S/C21H22BrN5O3/c1-14-19(15(2)30-25-14)13-29-18-5-3-16(4-6-18)20(28)26-7-9-27(10-8-26)21-23-11-17(22)12-24-21/h3-6,11-12H,7-10,13H2,1-2H3. The predicted octanol–water partition coefficient (Wildman–Crippen LogP) is 3.39. The molecule has 1 aromatic carbocycles. The molecule has 1 fully saturated rings. The van der Waals surface area contributed by atoms with Gasteiger partial charge < -0.3 is 19.1 Å². The Labute approximate surface area is 183 Å². The number of amides is 1. The molecule has 8 nitrogen and oxygen atoms in total. The molecule has 9 heteroatoms. The quantitative estimate of drug-likeness (QED) is 0.563. The molecule has 3 aromatic rings. The van der Waals surface area contributed by atoms with Gasteiger partial charge in [0, 0.05) is 44.1 Å². The molecule has 0 saturated carbocycles. The van der Waals surface area contributed by atoms with Crippen molar-refractivity contribution in [3.8, 4) is 5.75 Å². The van der Waals surface area contributed by atoms with Crippen LogP contribution >= 0.6 is 15.9 Å². The first kappa shape index (κ1) is 20.3. The molecule has 4 rings (SSSR count). The second-order valence-electron chi connectivity index (χ2n) is 7.10. The molecule has 0 bridgehead atoms. The monoisotopic (exact) mass is 471 g/mol. The largest absolute Gasteiger partial charge is 0.489 e. The van der Waals surface area contributed by atoms with Crippen LogP contribution in [0.15, 0.2) is 45.7 Å². The maximum atomic E-state index is 12.8. The minimum Gasteiger partial charge on any atom is -0.489 e. The van der Waals surface area contributed by atoms with Crippen LogP contribution in [0.5, 0.6) is 5.75 Å². The van der Waals surface area contributed by atoms with Gasteiger partial charge in [-0.3, -0.25) is 4.79 Å². The Morgan fingerprint density at radius 1 is 1.10 bits per heavy atom. The van der Waals surface area contributed by atoms with Crippen molar-refractivity contribution in [3.05, 3.63) is 63.7 Å². The number of carbonyl (C=O) groups excluding carboxylic acids is 1. The summed E-state index contributed by atoms with van der Waals surface area (Å²) in [5, 5.41) is 3.93. The lowest BCUT2D eigenvalue weighted by atomic mass is 10.1. The molecule has 3 heterocycles. The van der Waals surface area contributed by atoms with Crippen LogP contribution in [0.4, 0.5) is 5.95 Å². The number of hydrogen-bond acceptors (Lipinski definition) is 7. The number of rotatable bonds is 5. The topological polar surface area (TPSA) is 84.6 Å². The summed E-state index contributed by atoms with van der Waals surface area (Å²) in [4.78, 5) is 25.4. The van der Waals surface area contributed by atoms with Crippen molar-refractivity contribution in [1.29, 1.82) is 0 Å². The van der Waals surface area contributed by atoms with Gasteiger partial charge >= 0.3 is 0 Å². The van der Waals surface area contributed by atoms with Gasteiger partial charge in [0.1, 0.15) is 18.1 Å². The molecule has 1 aliphatic rings. The van der Waals surface area contributed by atoms with Crippen molar-refractivity contribution < 1.29 is 14.1 Å². The van der Waals surface area contributed by atoms with Crippen molar-refractivity contribution in [2.24, 2.45) is 0 Å². The summed E-state index contributed by atoms with van der Waals surface area (Å²) in [6.45, 7) is 6.79. The number of piperazine rings is 1. The zero-order valence-corrected chi connectivity index (χ0v) is 18.4. The van der Waals surface area contributed by atoms with E-state index in [0.29, 0.717) is 50.0 Å². The van der Waals surface area contributed by atoms with Crippen molar-refractivity contribution >= 4 is 27.8 Å². The highest BCUT2D eigenvalue weighted by Gasteiger charge is 2.23. The van der Waals surface area contributed by atoms with Gasteiger partial charge in [0.2, 0.25) is 5.95 Å². The first-order valence-corrected chi connectivity index (χ1v) is 10.5. The van der Waals surface area contributed by atoms with Crippen molar-refractivity contribution in [3.63, 3.8) is 0 Å². The summed E-state index contributed by atoms with van der Waals surface area (Å²) in [6, 6.07) is 7.24. The highest BCUT2D eigenvalue weighted by molar-refractivity contribution is 9.10. The number of carbonyl (C=O) groups is 1. The molecule has 0 spiro atoms. The smallest absolute Gasteiger partial charge is 0.253 e. The molecule has 0 atom stereocenters. The molecule has 0 N–H and O–H groups in total. The van der Waals surface area contributed by atoms with Crippen LogP contribution in [0.3, 0.4) is 0 Å². The number of hydrogen-bond donors (Lipinski definition) is 0. The van der Waals surface area contributed by atoms with E-state index in [1.54, 1.807) is 24.5 Å². The van der Waals surface area contributed by atoms with E-state index in [1.165, 1.54) is 0 Å².